The first-order valence-corrected chi connectivity index (χ1v) is 10.6. The van der Waals surface area contributed by atoms with E-state index in [4.69, 9.17) is 0 Å². The number of pyridine rings is 1. The molecule has 2 aliphatic heterocycles. The summed E-state index contributed by atoms with van der Waals surface area (Å²) >= 11 is 0. The molecule has 0 spiro atoms. The number of hydrogen-bond donors (Lipinski definition) is 0. The van der Waals surface area contributed by atoms with Gasteiger partial charge in [0.2, 0.25) is 5.95 Å². The number of anilines is 1. The molecule has 0 N–H and O–H groups in total. The van der Waals surface area contributed by atoms with Gasteiger partial charge in [0.25, 0.3) is 5.91 Å². The number of aromatic nitrogens is 3. The lowest BCUT2D eigenvalue weighted by atomic mass is 9.82. The molecular weight excluding hydrogens is 393 g/mol. The molecule has 2 aromatic heterocycles. The van der Waals surface area contributed by atoms with Gasteiger partial charge in [-0.25, -0.2) is 14.4 Å². The number of nitrogens with zero attached hydrogens (tertiary/aromatic N) is 5. The fourth-order valence-electron chi connectivity index (χ4n) is 4.65. The number of aryl methyl sites for hydroxylation is 2. The van der Waals surface area contributed by atoms with Gasteiger partial charge in [-0.1, -0.05) is 6.07 Å². The predicted octanol–water partition coefficient (Wildman–Crippen LogP) is 3.65. The Bertz CT molecular complexity index is 1120. The Kier molecular flexibility index (Phi) is 4.88. The van der Waals surface area contributed by atoms with E-state index in [2.05, 4.69) is 19.9 Å². The molecule has 0 radical (unpaired) electrons. The standard InChI is InChI=1S/C24H24FN5O/c1-15-11-16(2)28-24(27-15)30-13-17-8-10-29(14-22(17)30)23(31)19-7-6-18(25)12-20(19)21-5-3-4-9-26-21/h3-7,9,11-12,17,22H,8,10,13-14H2,1-2H3. The van der Waals surface area contributed by atoms with E-state index in [0.29, 0.717) is 35.8 Å². The number of hydrogen-bond acceptors (Lipinski definition) is 5. The molecule has 2 atom stereocenters. The summed E-state index contributed by atoms with van der Waals surface area (Å²) in [4.78, 5) is 31.1. The maximum atomic E-state index is 14.0. The largest absolute Gasteiger partial charge is 0.337 e. The van der Waals surface area contributed by atoms with E-state index in [9.17, 15) is 9.18 Å². The Morgan fingerprint density at radius 3 is 2.61 bits per heavy atom. The van der Waals surface area contributed by atoms with Crippen LogP contribution in [0.3, 0.4) is 0 Å². The molecule has 0 aliphatic carbocycles. The third-order valence-electron chi connectivity index (χ3n) is 6.22. The van der Waals surface area contributed by atoms with Crippen LogP contribution in [0, 0.1) is 25.6 Å². The molecule has 2 fully saturated rings. The van der Waals surface area contributed by atoms with Gasteiger partial charge in [0, 0.05) is 54.3 Å². The van der Waals surface area contributed by atoms with E-state index in [0.717, 1.165) is 30.3 Å². The zero-order valence-electron chi connectivity index (χ0n) is 17.6. The monoisotopic (exact) mass is 417 g/mol. The highest BCUT2D eigenvalue weighted by molar-refractivity contribution is 6.00. The minimum atomic E-state index is -0.381. The second kappa shape index (κ2) is 7.72. The zero-order chi connectivity index (χ0) is 21.5. The van der Waals surface area contributed by atoms with Gasteiger partial charge in [-0.3, -0.25) is 9.78 Å². The van der Waals surface area contributed by atoms with E-state index in [-0.39, 0.29) is 17.8 Å². The number of fused-ring (bicyclic) bond motifs is 1. The predicted molar refractivity (Wildman–Crippen MR) is 116 cm³/mol. The van der Waals surface area contributed by atoms with Gasteiger partial charge >= 0.3 is 0 Å². The Labute approximate surface area is 180 Å². The van der Waals surface area contributed by atoms with E-state index >= 15 is 0 Å². The summed E-state index contributed by atoms with van der Waals surface area (Å²) in [6, 6.07) is 11.9. The third kappa shape index (κ3) is 3.65. The van der Waals surface area contributed by atoms with Gasteiger partial charge in [-0.2, -0.15) is 0 Å². The van der Waals surface area contributed by atoms with Crippen LogP contribution < -0.4 is 4.90 Å². The number of benzene rings is 1. The highest BCUT2D eigenvalue weighted by Crippen LogP contribution is 2.36. The SMILES string of the molecule is Cc1cc(C)nc(N2CC3CCN(C(=O)c4ccc(F)cc4-c4ccccn4)CC32)n1. The Morgan fingerprint density at radius 1 is 1.06 bits per heavy atom. The molecule has 3 aromatic rings. The average Bonchev–Trinajstić information content (AvgIpc) is 2.74. The van der Waals surface area contributed by atoms with Crippen molar-refractivity contribution in [3.05, 3.63) is 71.4 Å². The Morgan fingerprint density at radius 2 is 1.87 bits per heavy atom. The topological polar surface area (TPSA) is 62.2 Å². The molecular formula is C24H24FN5O. The molecule has 5 rings (SSSR count). The average molecular weight is 417 g/mol. The van der Waals surface area contributed by atoms with Crippen molar-refractivity contribution < 1.29 is 9.18 Å². The molecule has 0 saturated carbocycles. The van der Waals surface area contributed by atoms with Crippen LogP contribution in [0.1, 0.15) is 28.2 Å². The lowest BCUT2D eigenvalue weighted by Gasteiger charge is -2.53. The van der Waals surface area contributed by atoms with Crippen molar-refractivity contribution in [3.63, 3.8) is 0 Å². The molecule has 1 aromatic carbocycles. The third-order valence-corrected chi connectivity index (χ3v) is 6.22. The number of carbonyl (C=O) groups excluding carboxylic acids is 1. The molecule has 2 aliphatic rings. The Balaban J connectivity index is 1.40. The first-order valence-electron chi connectivity index (χ1n) is 10.6. The van der Waals surface area contributed by atoms with Crippen molar-refractivity contribution in [3.8, 4) is 11.3 Å². The van der Waals surface area contributed by atoms with Gasteiger partial charge in [0.05, 0.1) is 11.7 Å². The minimum Gasteiger partial charge on any atom is -0.337 e. The summed E-state index contributed by atoms with van der Waals surface area (Å²) in [5, 5.41) is 0. The molecule has 0 bridgehead atoms. The first-order chi connectivity index (χ1) is 15.0. The maximum absolute atomic E-state index is 14.0. The number of halogens is 1. The van der Waals surface area contributed by atoms with Crippen molar-refractivity contribution in [2.45, 2.75) is 26.3 Å². The highest BCUT2D eigenvalue weighted by Gasteiger charge is 2.45. The molecule has 6 nitrogen and oxygen atoms in total. The van der Waals surface area contributed by atoms with Gasteiger partial charge in [0.15, 0.2) is 0 Å². The second-order valence-corrected chi connectivity index (χ2v) is 8.38. The molecule has 4 heterocycles. The minimum absolute atomic E-state index is 0.0905. The van der Waals surface area contributed by atoms with Gasteiger partial charge in [-0.15, -0.1) is 0 Å². The van der Waals surface area contributed by atoms with Gasteiger partial charge < -0.3 is 9.80 Å². The van der Waals surface area contributed by atoms with E-state index in [1.807, 2.05) is 30.9 Å². The normalized spacial score (nSPS) is 20.2. The van der Waals surface area contributed by atoms with Crippen LogP contribution in [0.4, 0.5) is 10.3 Å². The van der Waals surface area contributed by atoms with Crippen molar-refractivity contribution in [2.75, 3.05) is 24.5 Å². The molecule has 2 unspecified atom stereocenters. The molecule has 31 heavy (non-hydrogen) atoms. The first kappa shape index (κ1) is 19.6. The van der Waals surface area contributed by atoms with E-state index in [1.54, 1.807) is 24.4 Å². The summed E-state index contributed by atoms with van der Waals surface area (Å²) in [6.45, 7) is 6.17. The molecule has 158 valence electrons. The molecule has 1 amide bonds. The summed E-state index contributed by atoms with van der Waals surface area (Å²) in [5.74, 6) is 0.807. The quantitative estimate of drug-likeness (QED) is 0.651. The lowest BCUT2D eigenvalue weighted by Crippen LogP contribution is -2.65. The van der Waals surface area contributed by atoms with Crippen molar-refractivity contribution >= 4 is 11.9 Å². The number of rotatable bonds is 3. The lowest BCUT2D eigenvalue weighted by molar-refractivity contribution is 0.0590. The van der Waals surface area contributed by atoms with Crippen LogP contribution in [0.5, 0.6) is 0 Å². The summed E-state index contributed by atoms with van der Waals surface area (Å²) in [7, 11) is 0. The summed E-state index contributed by atoms with van der Waals surface area (Å²) in [6.07, 6.45) is 2.59. The zero-order valence-corrected chi connectivity index (χ0v) is 17.6. The van der Waals surface area contributed by atoms with Crippen molar-refractivity contribution in [1.29, 1.82) is 0 Å². The van der Waals surface area contributed by atoms with Gasteiger partial charge in [0.1, 0.15) is 5.82 Å². The Hall–Kier alpha value is -3.35. The molecule has 2 saturated heterocycles. The number of amides is 1. The second-order valence-electron chi connectivity index (χ2n) is 8.38. The van der Waals surface area contributed by atoms with E-state index in [1.165, 1.54) is 12.1 Å². The number of carbonyl (C=O) groups is 1. The van der Waals surface area contributed by atoms with Crippen LogP contribution in [-0.2, 0) is 0 Å². The van der Waals surface area contributed by atoms with Gasteiger partial charge in [-0.05, 0) is 56.7 Å². The van der Waals surface area contributed by atoms with Crippen molar-refractivity contribution in [2.24, 2.45) is 5.92 Å². The van der Waals surface area contributed by atoms with Crippen LogP contribution in [-0.4, -0.2) is 51.4 Å². The smallest absolute Gasteiger partial charge is 0.254 e. The fourth-order valence-corrected chi connectivity index (χ4v) is 4.65. The number of likely N-dealkylation sites (tertiary alicyclic amines) is 1. The number of piperidine rings is 1. The molecule has 7 heteroatoms. The van der Waals surface area contributed by atoms with Crippen LogP contribution in [0.15, 0.2) is 48.7 Å². The van der Waals surface area contributed by atoms with Crippen LogP contribution >= 0.6 is 0 Å². The van der Waals surface area contributed by atoms with Crippen LogP contribution in [0.2, 0.25) is 0 Å². The summed E-state index contributed by atoms with van der Waals surface area (Å²) in [5.41, 5.74) is 3.49. The maximum Gasteiger partial charge on any atom is 0.254 e. The fraction of sp³-hybridized carbons (Fsp3) is 0.333. The van der Waals surface area contributed by atoms with E-state index < -0.39 is 0 Å². The highest BCUT2D eigenvalue weighted by atomic mass is 19.1. The van der Waals surface area contributed by atoms with Crippen LogP contribution in [0.25, 0.3) is 11.3 Å². The summed E-state index contributed by atoms with van der Waals surface area (Å²) < 4.78 is 14.0. The van der Waals surface area contributed by atoms with Crippen molar-refractivity contribution in [1.82, 2.24) is 19.9 Å².